The molecule has 0 radical (unpaired) electrons. The van der Waals surface area contributed by atoms with Crippen LogP contribution in [-0.4, -0.2) is 20.3 Å². The molecule has 6 heteroatoms. The lowest BCUT2D eigenvalue weighted by Crippen LogP contribution is -2.32. The van der Waals surface area contributed by atoms with Crippen molar-refractivity contribution in [1.82, 2.24) is 14.3 Å². The SMILES string of the molecule is Cc1ccn(C(C)c2ccccc2)c(=O)c1C(=O)Nc1c(C)cnn1C. The number of benzene rings is 1. The monoisotopic (exact) mass is 350 g/mol. The van der Waals surface area contributed by atoms with Crippen molar-refractivity contribution in [3.63, 3.8) is 0 Å². The average Bonchev–Trinajstić information content (AvgIpc) is 2.94. The first-order valence-corrected chi connectivity index (χ1v) is 8.46. The number of anilines is 1. The summed E-state index contributed by atoms with van der Waals surface area (Å²) < 4.78 is 3.17. The highest BCUT2D eigenvalue weighted by atomic mass is 16.2. The zero-order valence-corrected chi connectivity index (χ0v) is 15.4. The van der Waals surface area contributed by atoms with E-state index >= 15 is 0 Å². The van der Waals surface area contributed by atoms with E-state index in [1.165, 1.54) is 0 Å². The predicted octanol–water partition coefficient (Wildman–Crippen LogP) is 3.06. The first-order valence-electron chi connectivity index (χ1n) is 8.46. The first kappa shape index (κ1) is 17.7. The Balaban J connectivity index is 2.00. The minimum absolute atomic E-state index is 0.149. The molecule has 3 aromatic rings. The number of hydrogen-bond acceptors (Lipinski definition) is 3. The lowest BCUT2D eigenvalue weighted by atomic mass is 10.1. The van der Waals surface area contributed by atoms with Crippen LogP contribution < -0.4 is 10.9 Å². The molecule has 2 aromatic heterocycles. The van der Waals surface area contributed by atoms with Crippen molar-refractivity contribution in [2.75, 3.05) is 5.32 Å². The van der Waals surface area contributed by atoms with E-state index in [1.807, 2.05) is 44.2 Å². The fourth-order valence-electron chi connectivity index (χ4n) is 3.01. The smallest absolute Gasteiger partial charge is 0.264 e. The van der Waals surface area contributed by atoms with Crippen LogP contribution in [0.25, 0.3) is 0 Å². The standard InChI is InChI=1S/C20H22N4O2/c1-13-10-11-24(15(3)16-8-6-5-7-9-16)20(26)17(13)19(25)22-18-14(2)12-21-23(18)4/h5-12,15H,1-4H3,(H,22,25). The second kappa shape index (κ2) is 7.00. The first-order chi connectivity index (χ1) is 12.4. The third-order valence-electron chi connectivity index (χ3n) is 4.61. The third kappa shape index (κ3) is 3.18. The van der Waals surface area contributed by atoms with Gasteiger partial charge >= 0.3 is 0 Å². The predicted molar refractivity (Wildman–Crippen MR) is 102 cm³/mol. The van der Waals surface area contributed by atoms with Crippen LogP contribution in [0.1, 0.15) is 40.0 Å². The van der Waals surface area contributed by atoms with Gasteiger partial charge in [0.15, 0.2) is 0 Å². The topological polar surface area (TPSA) is 68.9 Å². The number of nitrogens with zero attached hydrogens (tertiary/aromatic N) is 3. The number of aryl methyl sites for hydroxylation is 3. The zero-order chi connectivity index (χ0) is 18.8. The van der Waals surface area contributed by atoms with E-state index in [0.29, 0.717) is 11.4 Å². The van der Waals surface area contributed by atoms with E-state index in [4.69, 9.17) is 0 Å². The summed E-state index contributed by atoms with van der Waals surface area (Å²) in [6.07, 6.45) is 3.41. The molecule has 2 heterocycles. The number of nitrogens with one attached hydrogen (secondary N) is 1. The lowest BCUT2D eigenvalue weighted by Gasteiger charge is -2.18. The number of carbonyl (C=O) groups excluding carboxylic acids is 1. The van der Waals surface area contributed by atoms with Crippen molar-refractivity contribution in [2.24, 2.45) is 7.05 Å². The molecule has 3 rings (SSSR count). The van der Waals surface area contributed by atoms with Crippen molar-refractivity contribution in [3.05, 3.63) is 81.4 Å². The summed E-state index contributed by atoms with van der Waals surface area (Å²) in [7, 11) is 1.75. The van der Waals surface area contributed by atoms with Crippen molar-refractivity contribution < 1.29 is 4.79 Å². The second-order valence-corrected chi connectivity index (χ2v) is 6.43. The molecule has 1 N–H and O–H groups in total. The summed E-state index contributed by atoms with van der Waals surface area (Å²) in [5.41, 5.74) is 2.33. The van der Waals surface area contributed by atoms with Gasteiger partial charge in [-0.05, 0) is 38.0 Å². The van der Waals surface area contributed by atoms with Crippen molar-refractivity contribution >= 4 is 11.7 Å². The van der Waals surface area contributed by atoms with Crippen LogP contribution in [0, 0.1) is 13.8 Å². The number of pyridine rings is 1. The van der Waals surface area contributed by atoms with E-state index in [-0.39, 0.29) is 17.2 Å². The van der Waals surface area contributed by atoms with Crippen molar-refractivity contribution in [3.8, 4) is 0 Å². The maximum Gasteiger partial charge on any atom is 0.264 e. The number of hydrogen-bond donors (Lipinski definition) is 1. The fraction of sp³-hybridized carbons (Fsp3) is 0.250. The zero-order valence-electron chi connectivity index (χ0n) is 15.4. The molecule has 0 aliphatic carbocycles. The molecule has 0 spiro atoms. The summed E-state index contributed by atoms with van der Waals surface area (Å²) in [6.45, 7) is 5.57. The van der Waals surface area contributed by atoms with Crippen LogP contribution in [0.3, 0.4) is 0 Å². The molecule has 6 nitrogen and oxygen atoms in total. The molecular weight excluding hydrogens is 328 g/mol. The molecule has 0 aliphatic heterocycles. The van der Waals surface area contributed by atoms with Gasteiger partial charge < -0.3 is 9.88 Å². The summed E-state index contributed by atoms with van der Waals surface area (Å²) in [6, 6.07) is 11.4. The number of amides is 1. The Morgan fingerprint density at radius 1 is 1.12 bits per heavy atom. The molecule has 0 saturated heterocycles. The van der Waals surface area contributed by atoms with Gasteiger partial charge in [-0.15, -0.1) is 0 Å². The van der Waals surface area contributed by atoms with E-state index in [9.17, 15) is 9.59 Å². The minimum Gasteiger partial charge on any atom is -0.308 e. The van der Waals surface area contributed by atoms with Crippen LogP contribution >= 0.6 is 0 Å². The largest absolute Gasteiger partial charge is 0.308 e. The van der Waals surface area contributed by atoms with Crippen LogP contribution in [-0.2, 0) is 7.05 Å². The van der Waals surface area contributed by atoms with E-state index in [2.05, 4.69) is 10.4 Å². The molecular formula is C20H22N4O2. The molecule has 1 amide bonds. The van der Waals surface area contributed by atoms with E-state index in [0.717, 1.165) is 11.1 Å². The lowest BCUT2D eigenvalue weighted by molar-refractivity contribution is 0.102. The molecule has 0 saturated carbocycles. The summed E-state index contributed by atoms with van der Waals surface area (Å²) in [4.78, 5) is 25.8. The summed E-state index contributed by atoms with van der Waals surface area (Å²) in [5, 5.41) is 6.92. The highest BCUT2D eigenvalue weighted by Gasteiger charge is 2.20. The maximum atomic E-state index is 13.0. The van der Waals surface area contributed by atoms with Crippen LogP contribution in [0.5, 0.6) is 0 Å². The molecule has 1 unspecified atom stereocenters. The normalized spacial score (nSPS) is 12.0. The molecule has 0 fully saturated rings. The van der Waals surface area contributed by atoms with Crippen LogP contribution in [0.4, 0.5) is 5.82 Å². The Hall–Kier alpha value is -3.15. The third-order valence-corrected chi connectivity index (χ3v) is 4.61. The Morgan fingerprint density at radius 2 is 1.81 bits per heavy atom. The van der Waals surface area contributed by atoms with E-state index < -0.39 is 5.91 Å². The number of aromatic nitrogens is 3. The van der Waals surface area contributed by atoms with Gasteiger partial charge in [0.1, 0.15) is 11.4 Å². The van der Waals surface area contributed by atoms with Crippen molar-refractivity contribution in [1.29, 1.82) is 0 Å². The van der Waals surface area contributed by atoms with Crippen LogP contribution in [0.15, 0.2) is 53.6 Å². The van der Waals surface area contributed by atoms with Gasteiger partial charge in [0.25, 0.3) is 11.5 Å². The minimum atomic E-state index is -0.422. The van der Waals surface area contributed by atoms with Gasteiger partial charge in [0, 0.05) is 18.8 Å². The maximum absolute atomic E-state index is 13.0. The number of rotatable bonds is 4. The summed E-state index contributed by atoms with van der Waals surface area (Å²) >= 11 is 0. The van der Waals surface area contributed by atoms with Crippen LogP contribution in [0.2, 0.25) is 0 Å². The molecule has 0 bridgehead atoms. The van der Waals surface area contributed by atoms with Gasteiger partial charge in [0.2, 0.25) is 0 Å². The number of carbonyl (C=O) groups is 1. The molecule has 1 atom stereocenters. The van der Waals surface area contributed by atoms with Crippen molar-refractivity contribution in [2.45, 2.75) is 26.8 Å². The fourth-order valence-corrected chi connectivity index (χ4v) is 3.01. The second-order valence-electron chi connectivity index (χ2n) is 6.43. The van der Waals surface area contributed by atoms with Gasteiger partial charge in [0.05, 0.1) is 12.2 Å². The van der Waals surface area contributed by atoms with Gasteiger partial charge in [-0.1, -0.05) is 30.3 Å². The summed E-state index contributed by atoms with van der Waals surface area (Å²) in [5.74, 6) is 0.161. The Kier molecular flexibility index (Phi) is 4.75. The molecule has 134 valence electrons. The molecule has 26 heavy (non-hydrogen) atoms. The Labute approximate surface area is 152 Å². The van der Waals surface area contributed by atoms with E-state index in [1.54, 1.807) is 41.7 Å². The Bertz CT molecular complexity index is 983. The van der Waals surface area contributed by atoms with Gasteiger partial charge in [-0.3, -0.25) is 14.3 Å². The highest BCUT2D eigenvalue weighted by molar-refractivity contribution is 6.04. The average molecular weight is 350 g/mol. The highest BCUT2D eigenvalue weighted by Crippen LogP contribution is 2.18. The molecule has 1 aromatic carbocycles. The van der Waals surface area contributed by atoms with Gasteiger partial charge in [-0.2, -0.15) is 5.10 Å². The molecule has 0 aliphatic rings. The van der Waals surface area contributed by atoms with Gasteiger partial charge in [-0.25, -0.2) is 0 Å². The Morgan fingerprint density at radius 3 is 2.42 bits per heavy atom. The quantitative estimate of drug-likeness (QED) is 0.786.